The second kappa shape index (κ2) is 8.17. The third kappa shape index (κ3) is 4.11. The summed E-state index contributed by atoms with van der Waals surface area (Å²) in [5.41, 5.74) is 3.95. The van der Waals surface area contributed by atoms with Crippen molar-refractivity contribution in [2.45, 2.75) is 19.8 Å². The quantitative estimate of drug-likeness (QED) is 0.425. The maximum absolute atomic E-state index is 6.19. The fourth-order valence-corrected chi connectivity index (χ4v) is 3.43. The van der Waals surface area contributed by atoms with Crippen LogP contribution in [0.1, 0.15) is 29.8 Å². The van der Waals surface area contributed by atoms with Gasteiger partial charge in [-0.05, 0) is 48.7 Å². The summed E-state index contributed by atoms with van der Waals surface area (Å²) < 4.78 is 5.35. The largest absolute Gasteiger partial charge is 0.361 e. The molecule has 4 aromatic rings. The molecular weight excluding hydrogens is 395 g/mol. The van der Waals surface area contributed by atoms with E-state index in [0.717, 1.165) is 33.6 Å². The number of aromatic nitrogens is 3. The lowest BCUT2D eigenvalue weighted by Gasteiger charge is -1.99. The summed E-state index contributed by atoms with van der Waals surface area (Å²) in [5.74, 6) is 1.02. The lowest BCUT2D eigenvalue weighted by atomic mass is 10.1. The summed E-state index contributed by atoms with van der Waals surface area (Å²) in [4.78, 5) is 12.3. The third-order valence-corrected chi connectivity index (χ3v) is 5.15. The van der Waals surface area contributed by atoms with E-state index in [2.05, 4.69) is 20.1 Å². The van der Waals surface area contributed by atoms with Gasteiger partial charge in [0.1, 0.15) is 0 Å². The molecule has 0 aliphatic heterocycles. The Morgan fingerprint density at radius 3 is 2.86 bits per heavy atom. The van der Waals surface area contributed by atoms with Crippen molar-refractivity contribution in [2.75, 3.05) is 6.54 Å². The van der Waals surface area contributed by atoms with Crippen molar-refractivity contribution < 1.29 is 4.52 Å². The van der Waals surface area contributed by atoms with Crippen molar-refractivity contribution >= 4 is 39.8 Å². The average Bonchev–Trinajstić information content (AvgIpc) is 3.31. The summed E-state index contributed by atoms with van der Waals surface area (Å²) >= 11 is 12.3. The Hall–Kier alpha value is -2.63. The lowest BCUT2D eigenvalue weighted by Crippen LogP contribution is -2.01. The molecule has 142 valence electrons. The molecule has 0 radical (unpaired) electrons. The zero-order chi connectivity index (χ0) is 19.5. The Morgan fingerprint density at radius 2 is 2.00 bits per heavy atom. The van der Waals surface area contributed by atoms with Crippen LogP contribution in [0.15, 0.2) is 58.2 Å². The maximum atomic E-state index is 6.19. The van der Waals surface area contributed by atoms with Gasteiger partial charge in [0.05, 0.1) is 12.1 Å². The Kier molecular flexibility index (Phi) is 5.46. The van der Waals surface area contributed by atoms with E-state index in [-0.39, 0.29) is 0 Å². The average molecular weight is 413 g/mol. The molecule has 1 N–H and O–H groups in total. The van der Waals surface area contributed by atoms with Crippen LogP contribution in [-0.2, 0) is 12.8 Å². The van der Waals surface area contributed by atoms with E-state index in [9.17, 15) is 0 Å². The van der Waals surface area contributed by atoms with Crippen LogP contribution in [0, 0.1) is 0 Å². The van der Waals surface area contributed by atoms with Crippen molar-refractivity contribution in [3.8, 4) is 0 Å². The molecule has 0 saturated carbocycles. The number of halogens is 2. The molecule has 0 saturated heterocycles. The van der Waals surface area contributed by atoms with Gasteiger partial charge in [0, 0.05) is 33.7 Å². The van der Waals surface area contributed by atoms with Gasteiger partial charge in [-0.1, -0.05) is 46.6 Å². The summed E-state index contributed by atoms with van der Waals surface area (Å²) in [5, 5.41) is 6.58. The first-order valence-corrected chi connectivity index (χ1v) is 9.68. The minimum atomic E-state index is 0.496. The zero-order valence-corrected chi connectivity index (χ0v) is 16.8. The number of hydrogen-bond donors (Lipinski definition) is 1. The van der Waals surface area contributed by atoms with Gasteiger partial charge in [0.2, 0.25) is 11.7 Å². The van der Waals surface area contributed by atoms with Crippen molar-refractivity contribution in [1.29, 1.82) is 0 Å². The monoisotopic (exact) mass is 412 g/mol. The van der Waals surface area contributed by atoms with Crippen molar-refractivity contribution in [2.24, 2.45) is 4.99 Å². The van der Waals surface area contributed by atoms with Crippen LogP contribution in [0.2, 0.25) is 10.0 Å². The molecule has 0 unspecified atom stereocenters. The van der Waals surface area contributed by atoms with Gasteiger partial charge in [-0.15, -0.1) is 0 Å². The molecule has 5 nitrogen and oxygen atoms in total. The predicted molar refractivity (Wildman–Crippen MR) is 113 cm³/mol. The summed E-state index contributed by atoms with van der Waals surface area (Å²) in [6.45, 7) is 2.51. The summed E-state index contributed by atoms with van der Waals surface area (Å²) in [6.07, 6.45) is 3.29. The molecule has 2 heterocycles. The normalized spacial score (nSPS) is 12.0. The highest BCUT2D eigenvalue weighted by Gasteiger charge is 2.11. The molecule has 0 aliphatic rings. The third-order valence-electron chi connectivity index (χ3n) is 4.55. The van der Waals surface area contributed by atoms with E-state index in [1.807, 2.05) is 55.6 Å². The number of aromatic amines is 1. The van der Waals surface area contributed by atoms with E-state index in [1.165, 1.54) is 5.56 Å². The summed E-state index contributed by atoms with van der Waals surface area (Å²) in [7, 11) is 0. The van der Waals surface area contributed by atoms with Crippen LogP contribution < -0.4 is 0 Å². The van der Waals surface area contributed by atoms with Crippen LogP contribution >= 0.6 is 23.2 Å². The molecule has 0 amide bonds. The number of H-pyrrole nitrogens is 1. The molecule has 0 spiro atoms. The fourth-order valence-electron chi connectivity index (χ4n) is 3.05. The highest BCUT2D eigenvalue weighted by Crippen LogP contribution is 2.23. The van der Waals surface area contributed by atoms with Crippen molar-refractivity contribution in [3.63, 3.8) is 0 Å². The van der Waals surface area contributed by atoms with Gasteiger partial charge in [-0.3, -0.25) is 4.99 Å². The number of rotatable bonds is 6. The van der Waals surface area contributed by atoms with Gasteiger partial charge in [0.25, 0.3) is 0 Å². The van der Waals surface area contributed by atoms with Crippen LogP contribution in [0.4, 0.5) is 0 Å². The Morgan fingerprint density at radius 1 is 1.14 bits per heavy atom. The van der Waals surface area contributed by atoms with E-state index in [0.29, 0.717) is 29.7 Å². The minimum Gasteiger partial charge on any atom is -0.361 e. The molecule has 0 aliphatic carbocycles. The molecule has 2 aromatic carbocycles. The number of hydrogen-bond acceptors (Lipinski definition) is 4. The van der Waals surface area contributed by atoms with Gasteiger partial charge in [-0.25, -0.2) is 0 Å². The zero-order valence-electron chi connectivity index (χ0n) is 15.2. The fraction of sp³-hybridized carbons (Fsp3) is 0.190. The van der Waals surface area contributed by atoms with Gasteiger partial charge >= 0.3 is 0 Å². The Labute approximate surface area is 172 Å². The molecule has 0 fully saturated rings. The second-order valence-corrected chi connectivity index (χ2v) is 7.34. The van der Waals surface area contributed by atoms with Crippen LogP contribution in [0.3, 0.4) is 0 Å². The maximum Gasteiger partial charge on any atom is 0.231 e. The number of nitrogens with one attached hydrogen (secondary N) is 1. The standard InChI is InChI=1S/C21H18Cl2N4O/c1-13(21-26-20(28-27-21)10-14-4-2-3-5-18(14)23)24-9-8-15-12-25-19-7-6-16(22)11-17(15)19/h2-7,11-12,25H,8-10H2,1H3. The number of benzene rings is 2. The molecular formula is C21H18Cl2N4O. The molecule has 0 bridgehead atoms. The van der Waals surface area contributed by atoms with Crippen molar-refractivity contribution in [1.82, 2.24) is 15.1 Å². The first-order chi connectivity index (χ1) is 13.6. The number of nitrogens with zero attached hydrogens (tertiary/aromatic N) is 3. The van der Waals surface area contributed by atoms with E-state index < -0.39 is 0 Å². The first-order valence-electron chi connectivity index (χ1n) is 8.93. The molecule has 28 heavy (non-hydrogen) atoms. The van der Waals surface area contributed by atoms with Gasteiger partial charge in [-0.2, -0.15) is 4.98 Å². The molecule has 0 atom stereocenters. The number of aliphatic imine (C=N–C) groups is 1. The Balaban J connectivity index is 1.42. The van der Waals surface area contributed by atoms with Gasteiger partial charge < -0.3 is 9.51 Å². The molecule has 2 aromatic heterocycles. The van der Waals surface area contributed by atoms with E-state index >= 15 is 0 Å². The molecule has 7 heteroatoms. The van der Waals surface area contributed by atoms with Gasteiger partial charge in [0.15, 0.2) is 0 Å². The van der Waals surface area contributed by atoms with E-state index in [1.54, 1.807) is 0 Å². The molecule has 4 rings (SSSR count). The number of fused-ring (bicyclic) bond motifs is 1. The minimum absolute atomic E-state index is 0.496. The van der Waals surface area contributed by atoms with Crippen LogP contribution in [-0.4, -0.2) is 27.4 Å². The topological polar surface area (TPSA) is 67.1 Å². The van der Waals surface area contributed by atoms with Crippen molar-refractivity contribution in [3.05, 3.63) is 81.5 Å². The Bertz CT molecular complexity index is 1150. The highest BCUT2D eigenvalue weighted by molar-refractivity contribution is 6.31. The predicted octanol–water partition coefficient (Wildman–Crippen LogP) is 5.50. The SMILES string of the molecule is CC(=NCCc1c[nH]c2ccc(Cl)cc12)c1noc(Cc2ccccc2Cl)n1. The van der Waals surface area contributed by atoms with Crippen LogP contribution in [0.5, 0.6) is 0 Å². The van der Waals surface area contributed by atoms with E-state index in [4.69, 9.17) is 27.7 Å². The lowest BCUT2D eigenvalue weighted by molar-refractivity contribution is 0.383. The smallest absolute Gasteiger partial charge is 0.231 e. The highest BCUT2D eigenvalue weighted by atomic mass is 35.5. The summed E-state index contributed by atoms with van der Waals surface area (Å²) in [6, 6.07) is 13.4. The van der Waals surface area contributed by atoms with Crippen LogP contribution in [0.25, 0.3) is 10.9 Å². The second-order valence-electron chi connectivity index (χ2n) is 6.50. The first kappa shape index (κ1) is 18.7.